The van der Waals surface area contributed by atoms with Gasteiger partial charge in [0.05, 0.1) is 24.1 Å². The van der Waals surface area contributed by atoms with E-state index in [1.165, 1.54) is 0 Å². The zero-order valence-corrected chi connectivity index (χ0v) is 10.6. The molecule has 2 N–H and O–H groups in total. The maximum atomic E-state index is 5.71. The van der Waals surface area contributed by atoms with Crippen LogP contribution in [0.1, 0.15) is 19.5 Å². The van der Waals surface area contributed by atoms with E-state index < -0.39 is 0 Å². The number of nitrogen functional groups attached to an aromatic ring is 1. The molecule has 0 saturated carbocycles. The highest BCUT2D eigenvalue weighted by atomic mass is 16.5. The van der Waals surface area contributed by atoms with Crippen LogP contribution in [0.3, 0.4) is 0 Å². The zero-order chi connectivity index (χ0) is 12.3. The van der Waals surface area contributed by atoms with E-state index in [9.17, 15) is 0 Å². The van der Waals surface area contributed by atoms with Crippen molar-refractivity contribution in [2.45, 2.75) is 32.5 Å². The van der Waals surface area contributed by atoms with E-state index in [-0.39, 0.29) is 0 Å². The van der Waals surface area contributed by atoms with Crippen LogP contribution in [0.15, 0.2) is 18.3 Å². The number of pyridine rings is 1. The summed E-state index contributed by atoms with van der Waals surface area (Å²) in [5, 5.41) is 0. The fourth-order valence-corrected chi connectivity index (χ4v) is 2.32. The largest absolute Gasteiger partial charge is 0.397 e. The van der Waals surface area contributed by atoms with Gasteiger partial charge in [-0.15, -0.1) is 0 Å². The van der Waals surface area contributed by atoms with Crippen molar-refractivity contribution in [1.29, 1.82) is 0 Å². The normalized spacial score (nSPS) is 26.0. The second kappa shape index (κ2) is 5.47. The third kappa shape index (κ3) is 3.68. The summed E-state index contributed by atoms with van der Waals surface area (Å²) in [4.78, 5) is 6.76. The van der Waals surface area contributed by atoms with Gasteiger partial charge in [0.15, 0.2) is 0 Å². The van der Waals surface area contributed by atoms with Crippen molar-refractivity contribution < 1.29 is 4.74 Å². The lowest BCUT2D eigenvalue weighted by molar-refractivity contribution is -0.0675. The molecule has 0 bridgehead atoms. The van der Waals surface area contributed by atoms with Crippen LogP contribution < -0.4 is 5.73 Å². The van der Waals surface area contributed by atoms with Gasteiger partial charge < -0.3 is 10.5 Å². The van der Waals surface area contributed by atoms with Crippen LogP contribution in [0.2, 0.25) is 0 Å². The molecule has 1 saturated heterocycles. The van der Waals surface area contributed by atoms with Crippen molar-refractivity contribution in [3.8, 4) is 0 Å². The Bertz CT molecular complexity index is 342. The van der Waals surface area contributed by atoms with Crippen LogP contribution in [-0.4, -0.2) is 41.7 Å². The third-order valence-electron chi connectivity index (χ3n) is 3.03. The van der Waals surface area contributed by atoms with Gasteiger partial charge >= 0.3 is 0 Å². The lowest BCUT2D eigenvalue weighted by Crippen LogP contribution is -2.46. The van der Waals surface area contributed by atoms with Crippen LogP contribution in [0.4, 0.5) is 5.69 Å². The van der Waals surface area contributed by atoms with E-state index in [0.717, 1.165) is 37.4 Å². The number of nitrogens with zero attached hydrogens (tertiary/aromatic N) is 2. The summed E-state index contributed by atoms with van der Waals surface area (Å²) in [5.74, 6) is 0. The summed E-state index contributed by atoms with van der Waals surface area (Å²) >= 11 is 0. The SMILES string of the molecule is C[C@@H]1CN(CCc2ccc(N)cn2)C[C@H](C)O1. The predicted octanol–water partition coefficient (Wildman–Crippen LogP) is 1.32. The van der Waals surface area contributed by atoms with Crippen molar-refractivity contribution in [3.63, 3.8) is 0 Å². The van der Waals surface area contributed by atoms with E-state index in [1.54, 1.807) is 6.20 Å². The van der Waals surface area contributed by atoms with Gasteiger partial charge in [0, 0.05) is 31.7 Å². The molecule has 94 valence electrons. The van der Waals surface area contributed by atoms with Crippen LogP contribution in [0.25, 0.3) is 0 Å². The molecule has 0 amide bonds. The standard InChI is InChI=1S/C13H21N3O/c1-10-8-16(9-11(2)17-10)6-5-13-4-3-12(14)7-15-13/h3-4,7,10-11H,5-6,8-9,14H2,1-2H3/t10-,11+. The first-order valence-electron chi connectivity index (χ1n) is 6.21. The number of aromatic nitrogens is 1. The van der Waals surface area contributed by atoms with E-state index in [1.807, 2.05) is 12.1 Å². The molecule has 4 nitrogen and oxygen atoms in total. The minimum Gasteiger partial charge on any atom is -0.397 e. The topological polar surface area (TPSA) is 51.4 Å². The monoisotopic (exact) mass is 235 g/mol. The third-order valence-corrected chi connectivity index (χ3v) is 3.03. The van der Waals surface area contributed by atoms with Crippen LogP contribution in [0, 0.1) is 0 Å². The summed E-state index contributed by atoms with van der Waals surface area (Å²) < 4.78 is 5.71. The van der Waals surface area contributed by atoms with E-state index in [0.29, 0.717) is 12.2 Å². The quantitative estimate of drug-likeness (QED) is 0.858. The second-order valence-corrected chi connectivity index (χ2v) is 4.85. The molecule has 0 aliphatic carbocycles. The van der Waals surface area contributed by atoms with Crippen LogP contribution in [0.5, 0.6) is 0 Å². The molecule has 0 radical (unpaired) electrons. The average Bonchev–Trinajstić information content (AvgIpc) is 2.27. The Labute approximate surface area is 103 Å². The molecule has 2 heterocycles. The van der Waals surface area contributed by atoms with E-state index in [4.69, 9.17) is 10.5 Å². The smallest absolute Gasteiger partial charge is 0.0678 e. The number of ether oxygens (including phenoxy) is 1. The van der Waals surface area contributed by atoms with E-state index >= 15 is 0 Å². The fraction of sp³-hybridized carbons (Fsp3) is 0.615. The first-order valence-corrected chi connectivity index (χ1v) is 6.21. The molecular weight excluding hydrogens is 214 g/mol. The Kier molecular flexibility index (Phi) is 3.97. The fourth-order valence-electron chi connectivity index (χ4n) is 2.32. The molecule has 1 fully saturated rings. The summed E-state index contributed by atoms with van der Waals surface area (Å²) in [6.07, 6.45) is 3.36. The molecule has 1 aliphatic rings. The maximum Gasteiger partial charge on any atom is 0.0678 e. The van der Waals surface area contributed by atoms with Gasteiger partial charge in [0.2, 0.25) is 0 Å². The summed E-state index contributed by atoms with van der Waals surface area (Å²) in [6.45, 7) is 7.32. The molecule has 1 aromatic rings. The van der Waals surface area contributed by atoms with Gasteiger partial charge in [-0.1, -0.05) is 0 Å². The number of rotatable bonds is 3. The first kappa shape index (κ1) is 12.3. The molecule has 1 aromatic heterocycles. The molecule has 0 unspecified atom stereocenters. The van der Waals surface area contributed by atoms with Crippen molar-refractivity contribution >= 4 is 5.69 Å². The van der Waals surface area contributed by atoms with Crippen molar-refractivity contribution in [2.24, 2.45) is 0 Å². The van der Waals surface area contributed by atoms with Gasteiger partial charge in [-0.05, 0) is 26.0 Å². The minimum absolute atomic E-state index is 0.332. The number of morpholine rings is 1. The molecule has 17 heavy (non-hydrogen) atoms. The number of hydrogen-bond acceptors (Lipinski definition) is 4. The van der Waals surface area contributed by atoms with Gasteiger partial charge in [-0.25, -0.2) is 0 Å². The molecule has 0 spiro atoms. The first-order chi connectivity index (χ1) is 8.13. The Morgan fingerprint density at radius 2 is 2.06 bits per heavy atom. The second-order valence-electron chi connectivity index (χ2n) is 4.85. The Morgan fingerprint density at radius 1 is 1.35 bits per heavy atom. The summed E-state index contributed by atoms with van der Waals surface area (Å²) in [6, 6.07) is 3.91. The van der Waals surface area contributed by atoms with E-state index in [2.05, 4.69) is 23.7 Å². The highest BCUT2D eigenvalue weighted by Crippen LogP contribution is 2.11. The van der Waals surface area contributed by atoms with Gasteiger partial charge in [-0.2, -0.15) is 0 Å². The Morgan fingerprint density at radius 3 is 2.65 bits per heavy atom. The van der Waals surface area contributed by atoms with Gasteiger partial charge in [0.25, 0.3) is 0 Å². The molecule has 2 rings (SSSR count). The molecule has 4 heteroatoms. The lowest BCUT2D eigenvalue weighted by atomic mass is 10.2. The minimum atomic E-state index is 0.332. The highest BCUT2D eigenvalue weighted by molar-refractivity contribution is 5.34. The molecule has 0 aromatic carbocycles. The lowest BCUT2D eigenvalue weighted by Gasteiger charge is -2.35. The Balaban J connectivity index is 1.83. The van der Waals surface area contributed by atoms with Crippen LogP contribution >= 0.6 is 0 Å². The molecule has 1 aliphatic heterocycles. The maximum absolute atomic E-state index is 5.71. The average molecular weight is 235 g/mol. The molecular formula is C13H21N3O. The number of nitrogens with two attached hydrogens (primary N) is 1. The van der Waals surface area contributed by atoms with Gasteiger partial charge in [0.1, 0.15) is 0 Å². The van der Waals surface area contributed by atoms with Crippen molar-refractivity contribution in [2.75, 3.05) is 25.4 Å². The highest BCUT2D eigenvalue weighted by Gasteiger charge is 2.21. The zero-order valence-electron chi connectivity index (χ0n) is 10.6. The summed E-state index contributed by atoms with van der Waals surface area (Å²) in [5.41, 5.74) is 7.44. The predicted molar refractivity (Wildman–Crippen MR) is 68.8 cm³/mol. The van der Waals surface area contributed by atoms with Crippen molar-refractivity contribution in [1.82, 2.24) is 9.88 Å². The van der Waals surface area contributed by atoms with Crippen LogP contribution in [-0.2, 0) is 11.2 Å². The molecule has 2 atom stereocenters. The summed E-state index contributed by atoms with van der Waals surface area (Å²) in [7, 11) is 0. The number of hydrogen-bond donors (Lipinski definition) is 1. The number of anilines is 1. The Hall–Kier alpha value is -1.13. The van der Waals surface area contributed by atoms with Crippen molar-refractivity contribution in [3.05, 3.63) is 24.0 Å². The van der Waals surface area contributed by atoms with Gasteiger partial charge in [-0.3, -0.25) is 9.88 Å².